The molecule has 0 spiro atoms. The molecule has 4 aromatic carbocycles. The topological polar surface area (TPSA) is 26.3 Å². The van der Waals surface area contributed by atoms with Gasteiger partial charge in [0, 0.05) is 6.92 Å². The molecule has 0 aliphatic heterocycles. The number of carbonyl (C=O) groups is 1. The van der Waals surface area contributed by atoms with E-state index in [0.717, 1.165) is 5.56 Å². The highest BCUT2D eigenvalue weighted by Crippen LogP contribution is 2.36. The highest BCUT2D eigenvalue weighted by molar-refractivity contribution is 6.23. The number of allylic oxidation sites excluding steroid dienone is 1. The molecule has 2 heteroatoms. The van der Waals surface area contributed by atoms with Crippen molar-refractivity contribution in [2.45, 2.75) is 13.5 Å². The van der Waals surface area contributed by atoms with Gasteiger partial charge in [0.2, 0.25) is 0 Å². The Morgan fingerprint density at radius 1 is 0.913 bits per heavy atom. The molecule has 0 amide bonds. The van der Waals surface area contributed by atoms with Gasteiger partial charge in [-0.2, -0.15) is 0 Å². The summed E-state index contributed by atoms with van der Waals surface area (Å²) >= 11 is 0. The van der Waals surface area contributed by atoms with Gasteiger partial charge < -0.3 is 4.74 Å². The molecule has 23 heavy (non-hydrogen) atoms. The first-order valence-electron chi connectivity index (χ1n) is 7.63. The van der Waals surface area contributed by atoms with Crippen LogP contribution in [0.25, 0.3) is 32.3 Å². The molecule has 0 N–H and O–H groups in total. The second-order valence-electron chi connectivity index (χ2n) is 5.85. The molecule has 4 aromatic rings. The van der Waals surface area contributed by atoms with Crippen molar-refractivity contribution >= 4 is 38.1 Å². The van der Waals surface area contributed by atoms with Gasteiger partial charge in [0.25, 0.3) is 0 Å². The van der Waals surface area contributed by atoms with E-state index >= 15 is 0 Å². The molecule has 0 saturated heterocycles. The summed E-state index contributed by atoms with van der Waals surface area (Å²) in [6.45, 7) is 5.48. The second-order valence-corrected chi connectivity index (χ2v) is 5.85. The average Bonchev–Trinajstić information content (AvgIpc) is 2.58. The Bertz CT molecular complexity index is 1040. The lowest BCUT2D eigenvalue weighted by Crippen LogP contribution is -2.01. The van der Waals surface area contributed by atoms with Crippen LogP contribution < -0.4 is 0 Å². The van der Waals surface area contributed by atoms with Gasteiger partial charge in [-0.1, -0.05) is 61.2 Å². The number of ether oxygens (including phenoxy) is 1. The van der Waals surface area contributed by atoms with E-state index in [1.54, 1.807) is 0 Å². The van der Waals surface area contributed by atoms with Crippen molar-refractivity contribution < 1.29 is 9.53 Å². The van der Waals surface area contributed by atoms with Crippen LogP contribution in [0, 0.1) is 0 Å². The first-order chi connectivity index (χ1) is 11.1. The Kier molecular flexibility index (Phi) is 3.05. The van der Waals surface area contributed by atoms with Gasteiger partial charge in [0.05, 0.1) is 0 Å². The summed E-state index contributed by atoms with van der Waals surface area (Å²) in [5.74, 6) is 0.0680. The van der Waals surface area contributed by atoms with Crippen LogP contribution >= 0.6 is 0 Å². The maximum Gasteiger partial charge on any atom is 0.193 e. The molecule has 0 saturated carbocycles. The van der Waals surface area contributed by atoms with Crippen LogP contribution in [-0.2, 0) is 16.1 Å². The zero-order valence-corrected chi connectivity index (χ0v) is 12.9. The lowest BCUT2D eigenvalue weighted by atomic mass is 9.92. The first-order valence-corrected chi connectivity index (χ1v) is 7.63. The highest BCUT2D eigenvalue weighted by atomic mass is 16.5. The van der Waals surface area contributed by atoms with E-state index in [2.05, 4.69) is 61.2 Å². The molecule has 0 radical (unpaired) electrons. The Morgan fingerprint density at radius 2 is 1.52 bits per heavy atom. The number of carbonyl (C=O) groups excluding carboxylic acids is 1. The lowest BCUT2D eigenvalue weighted by Gasteiger charge is -2.14. The molecule has 0 bridgehead atoms. The van der Waals surface area contributed by atoms with Crippen molar-refractivity contribution in [3.05, 3.63) is 72.5 Å². The summed E-state index contributed by atoms with van der Waals surface area (Å²) in [6.07, 6.45) is 0. The van der Waals surface area contributed by atoms with Gasteiger partial charge in [-0.15, -0.1) is 0 Å². The van der Waals surface area contributed by atoms with E-state index in [1.807, 2.05) is 0 Å². The van der Waals surface area contributed by atoms with Crippen molar-refractivity contribution in [3.8, 4) is 0 Å². The van der Waals surface area contributed by atoms with Crippen LogP contribution in [0.2, 0.25) is 0 Å². The maximum atomic E-state index is 11.3. The third kappa shape index (κ3) is 2.15. The molecular formula is C21H16O2. The Labute approximate surface area is 134 Å². The zero-order chi connectivity index (χ0) is 16.0. The minimum absolute atomic E-state index is 0.136. The van der Waals surface area contributed by atoms with Crippen LogP contribution in [0.1, 0.15) is 12.5 Å². The predicted octanol–water partition coefficient (Wildman–Crippen LogP) is 5.20. The smallest absolute Gasteiger partial charge is 0.193 e. The molecule has 112 valence electrons. The predicted molar refractivity (Wildman–Crippen MR) is 94.8 cm³/mol. The van der Waals surface area contributed by atoms with Crippen LogP contribution in [0.5, 0.6) is 0 Å². The fraction of sp³-hybridized carbons (Fsp3) is 0.0952. The molecule has 4 rings (SSSR count). The summed E-state index contributed by atoms with van der Waals surface area (Å²) in [5.41, 5.74) is 1.07. The third-order valence-corrected chi connectivity index (χ3v) is 4.41. The molecule has 0 aromatic heterocycles. The minimum Gasteiger partial charge on any atom is -0.486 e. The monoisotopic (exact) mass is 300 g/mol. The molecule has 0 heterocycles. The summed E-state index contributed by atoms with van der Waals surface area (Å²) in [6, 6.07) is 19.2. The average molecular weight is 300 g/mol. The molecule has 2 nitrogen and oxygen atoms in total. The van der Waals surface area contributed by atoms with Gasteiger partial charge in [-0.3, -0.25) is 4.79 Å². The largest absolute Gasteiger partial charge is 0.486 e. The van der Waals surface area contributed by atoms with Crippen molar-refractivity contribution in [2.75, 3.05) is 0 Å². The van der Waals surface area contributed by atoms with E-state index in [0.29, 0.717) is 6.61 Å². The number of hydrogen-bond acceptors (Lipinski definition) is 2. The highest BCUT2D eigenvalue weighted by Gasteiger charge is 2.11. The van der Waals surface area contributed by atoms with Gasteiger partial charge in [0.1, 0.15) is 6.61 Å². The van der Waals surface area contributed by atoms with Gasteiger partial charge >= 0.3 is 0 Å². The van der Waals surface area contributed by atoms with Crippen molar-refractivity contribution in [2.24, 2.45) is 0 Å². The first kappa shape index (κ1) is 13.8. The summed E-state index contributed by atoms with van der Waals surface area (Å²) in [4.78, 5) is 11.3. The van der Waals surface area contributed by atoms with E-state index in [9.17, 15) is 4.79 Å². The Hall–Kier alpha value is -2.87. The fourth-order valence-corrected chi connectivity index (χ4v) is 3.19. The van der Waals surface area contributed by atoms with Gasteiger partial charge in [0.15, 0.2) is 11.5 Å². The van der Waals surface area contributed by atoms with Crippen LogP contribution in [0.4, 0.5) is 0 Å². The van der Waals surface area contributed by atoms with E-state index in [-0.39, 0.29) is 11.5 Å². The minimum atomic E-state index is -0.136. The molecule has 0 atom stereocenters. The van der Waals surface area contributed by atoms with Gasteiger partial charge in [-0.25, -0.2) is 0 Å². The maximum absolute atomic E-state index is 11.3. The van der Waals surface area contributed by atoms with Crippen molar-refractivity contribution in [3.63, 3.8) is 0 Å². The van der Waals surface area contributed by atoms with Crippen LogP contribution in [-0.4, -0.2) is 5.78 Å². The fourth-order valence-electron chi connectivity index (χ4n) is 3.19. The number of rotatable bonds is 4. The van der Waals surface area contributed by atoms with Crippen LogP contribution in [0.3, 0.4) is 0 Å². The number of benzene rings is 4. The normalized spacial score (nSPS) is 11.3. The summed E-state index contributed by atoms with van der Waals surface area (Å²) < 4.78 is 5.54. The van der Waals surface area contributed by atoms with E-state index in [4.69, 9.17) is 4.74 Å². The summed E-state index contributed by atoms with van der Waals surface area (Å²) in [5, 5.41) is 7.42. The second kappa shape index (κ2) is 5.10. The molecular weight excluding hydrogens is 284 g/mol. The zero-order valence-electron chi connectivity index (χ0n) is 12.9. The Morgan fingerprint density at radius 3 is 2.22 bits per heavy atom. The SMILES string of the molecule is C=C(OCc1ccc2ccc3cccc4ccc1c2c34)C(C)=O. The van der Waals surface area contributed by atoms with Crippen LogP contribution in [0.15, 0.2) is 66.9 Å². The van der Waals surface area contributed by atoms with E-state index < -0.39 is 0 Å². The molecule has 0 aliphatic rings. The summed E-state index contributed by atoms with van der Waals surface area (Å²) in [7, 11) is 0. The third-order valence-electron chi connectivity index (χ3n) is 4.41. The lowest BCUT2D eigenvalue weighted by molar-refractivity contribution is -0.117. The number of ketones is 1. The number of Topliss-reactive ketones (excluding diaryl/α,β-unsaturated/α-hetero) is 1. The molecule has 0 fully saturated rings. The standard InChI is InChI=1S/C21H16O2/c1-13(22)14(2)23-12-18-9-8-17-7-6-15-4-3-5-16-10-11-19(18)21(17)20(15)16/h3-11H,2,12H2,1H3. The Balaban J connectivity index is 1.93. The quantitative estimate of drug-likeness (QED) is 0.294. The molecule has 0 unspecified atom stereocenters. The number of hydrogen-bond donors (Lipinski definition) is 0. The van der Waals surface area contributed by atoms with Crippen molar-refractivity contribution in [1.29, 1.82) is 0 Å². The van der Waals surface area contributed by atoms with Gasteiger partial charge in [-0.05, 0) is 37.9 Å². The van der Waals surface area contributed by atoms with E-state index in [1.165, 1.54) is 39.2 Å². The van der Waals surface area contributed by atoms with Crippen molar-refractivity contribution in [1.82, 2.24) is 0 Å². The molecule has 0 aliphatic carbocycles.